The Morgan fingerprint density at radius 2 is 2.31 bits per heavy atom. The maximum atomic E-state index is 4.51. The fraction of sp³-hybridized carbons (Fsp3) is 0.778. The number of nitrogens with one attached hydrogen (secondary N) is 1. The first-order valence-corrected chi connectivity index (χ1v) is 4.85. The predicted octanol–water partition coefficient (Wildman–Crippen LogP) is 0.802. The lowest BCUT2D eigenvalue weighted by atomic mass is 9.85. The third-order valence-corrected chi connectivity index (χ3v) is 2.67. The summed E-state index contributed by atoms with van der Waals surface area (Å²) in [5.41, 5.74) is 0. The summed E-state index contributed by atoms with van der Waals surface area (Å²) in [4.78, 5) is 4.51. The van der Waals surface area contributed by atoms with Crippen molar-refractivity contribution in [3.63, 3.8) is 0 Å². The van der Waals surface area contributed by atoms with E-state index in [9.17, 15) is 0 Å². The summed E-state index contributed by atoms with van der Waals surface area (Å²) in [6.07, 6.45) is 3.87. The molecular formula is C9H16N4. The number of aryl methyl sites for hydroxylation is 1. The van der Waals surface area contributed by atoms with Crippen LogP contribution in [-0.4, -0.2) is 21.8 Å². The van der Waals surface area contributed by atoms with Crippen LogP contribution in [0.15, 0.2) is 0 Å². The molecule has 1 aromatic rings. The van der Waals surface area contributed by atoms with Gasteiger partial charge in [-0.3, -0.25) is 4.68 Å². The second-order valence-corrected chi connectivity index (χ2v) is 3.67. The first-order valence-electron chi connectivity index (χ1n) is 4.85. The molecule has 1 aliphatic carbocycles. The lowest BCUT2D eigenvalue weighted by Gasteiger charge is -2.21. The summed E-state index contributed by atoms with van der Waals surface area (Å²) < 4.78 is 1.88. The van der Waals surface area contributed by atoms with E-state index in [2.05, 4.69) is 15.4 Å². The Labute approximate surface area is 78.4 Å². The molecule has 1 N–H and O–H groups in total. The van der Waals surface area contributed by atoms with E-state index in [-0.39, 0.29) is 0 Å². The average molecular weight is 180 g/mol. The van der Waals surface area contributed by atoms with E-state index in [1.54, 1.807) is 0 Å². The van der Waals surface area contributed by atoms with Crippen LogP contribution < -0.4 is 5.32 Å². The molecule has 1 aliphatic rings. The molecule has 0 saturated heterocycles. The Morgan fingerprint density at radius 1 is 1.54 bits per heavy atom. The maximum absolute atomic E-state index is 4.51. The normalized spacial score (nSPS) is 17.4. The van der Waals surface area contributed by atoms with Crippen LogP contribution >= 0.6 is 0 Å². The summed E-state index contributed by atoms with van der Waals surface area (Å²) in [6, 6.07) is 0. The molecule has 1 aromatic heterocycles. The molecule has 13 heavy (non-hydrogen) atoms. The maximum Gasteiger partial charge on any atom is 0.154 e. The van der Waals surface area contributed by atoms with Gasteiger partial charge in [-0.05, 0) is 19.9 Å². The van der Waals surface area contributed by atoms with E-state index in [0.717, 1.165) is 18.2 Å². The monoisotopic (exact) mass is 180 g/mol. The van der Waals surface area contributed by atoms with Crippen LogP contribution in [-0.2, 0) is 13.6 Å². The van der Waals surface area contributed by atoms with Crippen molar-refractivity contribution in [2.45, 2.75) is 31.7 Å². The Kier molecular flexibility index (Phi) is 2.31. The second-order valence-electron chi connectivity index (χ2n) is 3.67. The molecule has 0 bridgehead atoms. The number of nitrogens with zero attached hydrogens (tertiary/aromatic N) is 3. The number of hydrogen-bond donors (Lipinski definition) is 1. The molecule has 0 radical (unpaired) electrons. The first-order chi connectivity index (χ1) is 6.31. The van der Waals surface area contributed by atoms with Gasteiger partial charge in [0.05, 0.1) is 6.54 Å². The van der Waals surface area contributed by atoms with Gasteiger partial charge in [-0.2, -0.15) is 5.10 Å². The predicted molar refractivity (Wildman–Crippen MR) is 50.4 cm³/mol. The van der Waals surface area contributed by atoms with E-state index in [1.165, 1.54) is 19.3 Å². The van der Waals surface area contributed by atoms with Gasteiger partial charge < -0.3 is 5.32 Å². The van der Waals surface area contributed by atoms with Crippen molar-refractivity contribution in [3.05, 3.63) is 11.6 Å². The van der Waals surface area contributed by atoms with E-state index >= 15 is 0 Å². The van der Waals surface area contributed by atoms with Crippen LogP contribution in [0, 0.1) is 0 Å². The topological polar surface area (TPSA) is 42.7 Å². The minimum Gasteiger partial charge on any atom is -0.313 e. The van der Waals surface area contributed by atoms with Gasteiger partial charge in [0.1, 0.15) is 5.82 Å². The summed E-state index contributed by atoms with van der Waals surface area (Å²) in [5.74, 6) is 2.71. The van der Waals surface area contributed by atoms with E-state index in [4.69, 9.17) is 0 Å². The molecule has 4 nitrogen and oxygen atoms in total. The Morgan fingerprint density at radius 3 is 2.85 bits per heavy atom. The third kappa shape index (κ3) is 1.58. The lowest BCUT2D eigenvalue weighted by molar-refractivity contribution is 0.400. The highest BCUT2D eigenvalue weighted by molar-refractivity contribution is 5.02. The zero-order chi connectivity index (χ0) is 9.26. The van der Waals surface area contributed by atoms with Crippen LogP contribution in [0.2, 0.25) is 0 Å². The molecule has 2 rings (SSSR count). The third-order valence-electron chi connectivity index (χ3n) is 2.67. The standard InChI is InChI=1S/C9H16N4/c1-10-6-8-11-9(12-13(8)2)7-4-3-5-7/h7,10H,3-6H2,1-2H3. The summed E-state index contributed by atoms with van der Waals surface area (Å²) >= 11 is 0. The molecule has 0 aromatic carbocycles. The van der Waals surface area contributed by atoms with Gasteiger partial charge >= 0.3 is 0 Å². The van der Waals surface area contributed by atoms with Gasteiger partial charge in [0.2, 0.25) is 0 Å². The average Bonchev–Trinajstić information content (AvgIpc) is 2.30. The fourth-order valence-electron chi connectivity index (χ4n) is 1.59. The highest BCUT2D eigenvalue weighted by Gasteiger charge is 2.24. The minimum absolute atomic E-state index is 0.636. The van der Waals surface area contributed by atoms with Gasteiger partial charge in [0, 0.05) is 13.0 Å². The smallest absolute Gasteiger partial charge is 0.154 e. The van der Waals surface area contributed by atoms with Gasteiger partial charge in [-0.25, -0.2) is 4.98 Å². The number of aromatic nitrogens is 3. The second kappa shape index (κ2) is 3.46. The van der Waals surface area contributed by atoms with E-state index in [0.29, 0.717) is 5.92 Å². The summed E-state index contributed by atoms with van der Waals surface area (Å²) in [7, 11) is 3.89. The molecule has 0 aliphatic heterocycles. The molecule has 0 atom stereocenters. The minimum atomic E-state index is 0.636. The quantitative estimate of drug-likeness (QED) is 0.748. The number of rotatable bonds is 3. The summed E-state index contributed by atoms with van der Waals surface area (Å²) in [5, 5.41) is 7.51. The van der Waals surface area contributed by atoms with Crippen LogP contribution in [0.3, 0.4) is 0 Å². The Hall–Kier alpha value is -0.900. The molecule has 4 heteroatoms. The molecule has 0 unspecified atom stereocenters. The van der Waals surface area contributed by atoms with E-state index < -0.39 is 0 Å². The lowest BCUT2D eigenvalue weighted by Crippen LogP contribution is -2.11. The molecule has 72 valence electrons. The van der Waals surface area contributed by atoms with Crippen molar-refractivity contribution in [2.75, 3.05) is 7.05 Å². The van der Waals surface area contributed by atoms with Crippen molar-refractivity contribution >= 4 is 0 Å². The summed E-state index contributed by atoms with van der Waals surface area (Å²) in [6.45, 7) is 0.802. The zero-order valence-corrected chi connectivity index (χ0v) is 8.25. The van der Waals surface area contributed by atoms with Crippen molar-refractivity contribution in [2.24, 2.45) is 7.05 Å². The first kappa shape index (κ1) is 8.69. The van der Waals surface area contributed by atoms with Crippen LogP contribution in [0.1, 0.15) is 36.8 Å². The highest BCUT2D eigenvalue weighted by atomic mass is 15.3. The SMILES string of the molecule is CNCc1nc(C2CCC2)nn1C. The van der Waals surface area contributed by atoms with Crippen molar-refractivity contribution in [1.29, 1.82) is 0 Å². The van der Waals surface area contributed by atoms with Gasteiger partial charge in [0.15, 0.2) is 5.82 Å². The molecule has 1 heterocycles. The Balaban J connectivity index is 2.14. The van der Waals surface area contributed by atoms with Gasteiger partial charge in [-0.15, -0.1) is 0 Å². The highest BCUT2D eigenvalue weighted by Crippen LogP contribution is 2.34. The Bertz CT molecular complexity index is 288. The van der Waals surface area contributed by atoms with Crippen LogP contribution in [0.25, 0.3) is 0 Å². The van der Waals surface area contributed by atoms with Crippen LogP contribution in [0.5, 0.6) is 0 Å². The van der Waals surface area contributed by atoms with Gasteiger partial charge in [-0.1, -0.05) is 6.42 Å². The molecule has 1 fully saturated rings. The molecule has 0 amide bonds. The molecule has 1 saturated carbocycles. The van der Waals surface area contributed by atoms with Crippen LogP contribution in [0.4, 0.5) is 0 Å². The zero-order valence-electron chi connectivity index (χ0n) is 8.25. The fourth-order valence-corrected chi connectivity index (χ4v) is 1.59. The molecule has 0 spiro atoms. The largest absolute Gasteiger partial charge is 0.313 e. The number of hydrogen-bond acceptors (Lipinski definition) is 3. The van der Waals surface area contributed by atoms with E-state index in [1.807, 2.05) is 18.8 Å². The molecular weight excluding hydrogens is 164 g/mol. The van der Waals surface area contributed by atoms with Crippen molar-refractivity contribution < 1.29 is 0 Å². The van der Waals surface area contributed by atoms with Gasteiger partial charge in [0.25, 0.3) is 0 Å². The van der Waals surface area contributed by atoms with Crippen molar-refractivity contribution in [3.8, 4) is 0 Å². The van der Waals surface area contributed by atoms with Crippen molar-refractivity contribution in [1.82, 2.24) is 20.1 Å².